The highest BCUT2D eigenvalue weighted by molar-refractivity contribution is 5.89. The molecule has 6 heteroatoms. The second-order valence-corrected chi connectivity index (χ2v) is 7.36. The number of rotatable bonds is 2. The maximum atomic E-state index is 12.4. The van der Waals surface area contributed by atoms with Crippen LogP contribution in [-0.2, 0) is 5.41 Å². The number of aromatic nitrogens is 3. The molecule has 1 saturated heterocycles. The fourth-order valence-corrected chi connectivity index (χ4v) is 3.00. The van der Waals surface area contributed by atoms with E-state index in [0.717, 1.165) is 31.6 Å². The number of hydrogen-bond donors (Lipinski definition) is 1. The van der Waals surface area contributed by atoms with E-state index in [2.05, 4.69) is 48.5 Å². The zero-order valence-electron chi connectivity index (χ0n) is 14.6. The first-order chi connectivity index (χ1) is 11.4. The Morgan fingerprint density at radius 1 is 1.17 bits per heavy atom. The zero-order valence-corrected chi connectivity index (χ0v) is 14.6. The second-order valence-electron chi connectivity index (χ2n) is 7.36. The maximum absolute atomic E-state index is 12.4. The monoisotopic (exact) mass is 327 g/mol. The van der Waals surface area contributed by atoms with Gasteiger partial charge in [-0.15, -0.1) is 5.10 Å². The number of urea groups is 1. The van der Waals surface area contributed by atoms with E-state index in [1.807, 2.05) is 27.9 Å². The summed E-state index contributed by atoms with van der Waals surface area (Å²) in [6, 6.07) is 8.40. The predicted molar refractivity (Wildman–Crippen MR) is 94.0 cm³/mol. The van der Waals surface area contributed by atoms with Gasteiger partial charge in [-0.1, -0.05) is 38.1 Å². The molecule has 128 valence electrons. The summed E-state index contributed by atoms with van der Waals surface area (Å²) in [6.07, 6.45) is 5.39. The molecule has 1 aliphatic heterocycles. The minimum atomic E-state index is -0.0319. The van der Waals surface area contributed by atoms with E-state index in [0.29, 0.717) is 6.04 Å². The van der Waals surface area contributed by atoms with Gasteiger partial charge in [0.15, 0.2) is 0 Å². The van der Waals surface area contributed by atoms with Gasteiger partial charge in [0.1, 0.15) is 0 Å². The molecule has 0 spiro atoms. The number of nitrogens with zero attached hydrogens (tertiary/aromatic N) is 4. The van der Waals surface area contributed by atoms with E-state index in [9.17, 15) is 4.79 Å². The number of piperidine rings is 1. The molecule has 24 heavy (non-hydrogen) atoms. The summed E-state index contributed by atoms with van der Waals surface area (Å²) in [5.74, 6) is 0. The molecule has 1 aromatic heterocycles. The summed E-state index contributed by atoms with van der Waals surface area (Å²) in [5.41, 5.74) is 2.21. The van der Waals surface area contributed by atoms with Crippen molar-refractivity contribution >= 4 is 11.7 Å². The van der Waals surface area contributed by atoms with Gasteiger partial charge >= 0.3 is 6.03 Å². The highest BCUT2D eigenvalue weighted by Gasteiger charge is 2.24. The molecule has 0 atom stereocenters. The molecule has 2 amide bonds. The zero-order chi connectivity index (χ0) is 17.2. The number of benzene rings is 1. The van der Waals surface area contributed by atoms with Crippen molar-refractivity contribution in [1.29, 1.82) is 0 Å². The summed E-state index contributed by atoms with van der Waals surface area (Å²) in [6.45, 7) is 8.01. The number of carbonyl (C=O) groups excluding carboxylic acids is 1. The fraction of sp³-hybridized carbons (Fsp3) is 0.500. The molecule has 1 aliphatic rings. The van der Waals surface area contributed by atoms with E-state index in [1.165, 1.54) is 5.56 Å². The molecule has 1 N–H and O–H groups in total. The number of hydrogen-bond acceptors (Lipinski definition) is 3. The fourth-order valence-electron chi connectivity index (χ4n) is 3.00. The van der Waals surface area contributed by atoms with Gasteiger partial charge in [-0.3, -0.25) is 0 Å². The Hall–Kier alpha value is -2.37. The van der Waals surface area contributed by atoms with Gasteiger partial charge in [0.25, 0.3) is 0 Å². The van der Waals surface area contributed by atoms with Crippen LogP contribution in [0.25, 0.3) is 0 Å². The molecule has 1 fully saturated rings. The van der Waals surface area contributed by atoms with Crippen LogP contribution in [0.15, 0.2) is 36.7 Å². The number of carbonyl (C=O) groups is 1. The van der Waals surface area contributed by atoms with Crippen LogP contribution in [-0.4, -0.2) is 39.0 Å². The lowest BCUT2D eigenvalue weighted by Gasteiger charge is -2.31. The highest BCUT2D eigenvalue weighted by atomic mass is 16.2. The van der Waals surface area contributed by atoms with Crippen LogP contribution in [0.1, 0.15) is 45.2 Å². The quantitative estimate of drug-likeness (QED) is 0.919. The molecule has 0 aliphatic carbocycles. The first kappa shape index (κ1) is 16.5. The van der Waals surface area contributed by atoms with Gasteiger partial charge in [0, 0.05) is 25.0 Å². The Morgan fingerprint density at radius 3 is 2.38 bits per heavy atom. The average molecular weight is 327 g/mol. The minimum Gasteiger partial charge on any atom is -0.324 e. The first-order valence-corrected chi connectivity index (χ1v) is 8.46. The van der Waals surface area contributed by atoms with Crippen LogP contribution in [0.5, 0.6) is 0 Å². The number of anilines is 1. The molecule has 3 rings (SSSR count). The van der Waals surface area contributed by atoms with E-state index < -0.39 is 0 Å². The van der Waals surface area contributed by atoms with Crippen molar-refractivity contribution in [3.63, 3.8) is 0 Å². The summed E-state index contributed by atoms with van der Waals surface area (Å²) < 4.78 is 1.89. The van der Waals surface area contributed by atoms with Crippen molar-refractivity contribution in [3.05, 3.63) is 42.2 Å². The van der Waals surface area contributed by atoms with Crippen molar-refractivity contribution in [3.8, 4) is 0 Å². The molecule has 0 radical (unpaired) electrons. The third-order valence-electron chi connectivity index (χ3n) is 4.57. The van der Waals surface area contributed by atoms with E-state index in [-0.39, 0.29) is 11.4 Å². The van der Waals surface area contributed by atoms with Crippen LogP contribution in [0, 0.1) is 0 Å². The number of nitrogens with one attached hydrogen (secondary N) is 1. The van der Waals surface area contributed by atoms with Crippen LogP contribution < -0.4 is 5.32 Å². The van der Waals surface area contributed by atoms with Crippen LogP contribution in [0.3, 0.4) is 0 Å². The van der Waals surface area contributed by atoms with Crippen LogP contribution in [0.2, 0.25) is 0 Å². The molecule has 2 heterocycles. The van der Waals surface area contributed by atoms with E-state index in [1.54, 1.807) is 6.20 Å². The third-order valence-corrected chi connectivity index (χ3v) is 4.57. The summed E-state index contributed by atoms with van der Waals surface area (Å²) in [7, 11) is 0. The summed E-state index contributed by atoms with van der Waals surface area (Å²) in [4.78, 5) is 14.3. The Bertz CT molecular complexity index is 664. The minimum absolute atomic E-state index is 0.0319. The molecule has 0 saturated carbocycles. The van der Waals surface area contributed by atoms with Crippen LogP contribution in [0.4, 0.5) is 10.5 Å². The second kappa shape index (κ2) is 6.63. The van der Waals surface area contributed by atoms with Crippen molar-refractivity contribution in [2.75, 3.05) is 18.4 Å². The molecule has 0 bridgehead atoms. The summed E-state index contributed by atoms with van der Waals surface area (Å²) >= 11 is 0. The van der Waals surface area contributed by atoms with Crippen molar-refractivity contribution in [2.45, 2.75) is 45.1 Å². The lowest BCUT2D eigenvalue weighted by Crippen LogP contribution is -2.41. The van der Waals surface area contributed by atoms with Gasteiger partial charge < -0.3 is 10.2 Å². The van der Waals surface area contributed by atoms with Crippen molar-refractivity contribution in [2.24, 2.45) is 0 Å². The normalized spacial score (nSPS) is 16.2. The topological polar surface area (TPSA) is 63.1 Å². The molecular weight excluding hydrogens is 302 g/mol. The average Bonchev–Trinajstić information content (AvgIpc) is 3.09. The Morgan fingerprint density at radius 2 is 1.83 bits per heavy atom. The lowest BCUT2D eigenvalue weighted by atomic mass is 9.87. The molecule has 1 aromatic carbocycles. The molecule has 6 nitrogen and oxygen atoms in total. The largest absolute Gasteiger partial charge is 0.324 e. The smallest absolute Gasteiger partial charge is 0.321 e. The van der Waals surface area contributed by atoms with Gasteiger partial charge in [-0.2, -0.15) is 0 Å². The predicted octanol–water partition coefficient (Wildman–Crippen LogP) is 3.44. The van der Waals surface area contributed by atoms with Gasteiger partial charge in [0.2, 0.25) is 0 Å². The van der Waals surface area contributed by atoms with Gasteiger partial charge in [-0.25, -0.2) is 9.48 Å². The van der Waals surface area contributed by atoms with E-state index >= 15 is 0 Å². The molecular formula is C18H25N5O. The van der Waals surface area contributed by atoms with Crippen molar-refractivity contribution < 1.29 is 4.79 Å². The van der Waals surface area contributed by atoms with Gasteiger partial charge in [-0.05, 0) is 36.0 Å². The standard InChI is InChI=1S/C18H25N5O/c1-18(2,3)14-4-6-15(7-5-14)20-17(24)22-11-8-16(9-12-22)23-13-10-19-21-23/h4-7,10,13,16H,8-9,11-12H2,1-3H3,(H,20,24). The maximum Gasteiger partial charge on any atom is 0.321 e. The van der Waals surface area contributed by atoms with Crippen molar-refractivity contribution in [1.82, 2.24) is 19.9 Å². The first-order valence-electron chi connectivity index (χ1n) is 8.46. The lowest BCUT2D eigenvalue weighted by molar-refractivity contribution is 0.179. The Kier molecular flexibility index (Phi) is 4.55. The SMILES string of the molecule is CC(C)(C)c1ccc(NC(=O)N2CCC(n3ccnn3)CC2)cc1. The Labute approximate surface area is 142 Å². The van der Waals surface area contributed by atoms with Crippen LogP contribution >= 0.6 is 0 Å². The van der Waals surface area contributed by atoms with Gasteiger partial charge in [0.05, 0.1) is 12.2 Å². The summed E-state index contributed by atoms with van der Waals surface area (Å²) in [5, 5.41) is 10.9. The third kappa shape index (κ3) is 3.75. The molecule has 0 unspecified atom stereocenters. The number of amides is 2. The highest BCUT2D eigenvalue weighted by Crippen LogP contribution is 2.24. The number of likely N-dealkylation sites (tertiary alicyclic amines) is 1. The van der Waals surface area contributed by atoms with E-state index in [4.69, 9.17) is 0 Å². The Balaban J connectivity index is 1.54. The molecule has 2 aromatic rings.